The van der Waals surface area contributed by atoms with Crippen LogP contribution in [0.15, 0.2) is 35.0 Å². The van der Waals surface area contributed by atoms with Gasteiger partial charge in [-0.05, 0) is 40.6 Å². The molecule has 0 aliphatic carbocycles. The highest BCUT2D eigenvalue weighted by atomic mass is 35.5. The van der Waals surface area contributed by atoms with Gasteiger partial charge in [0.05, 0.1) is 6.04 Å². The van der Waals surface area contributed by atoms with E-state index in [0.717, 1.165) is 31.7 Å². The maximum atomic E-state index is 14.3. The van der Waals surface area contributed by atoms with Gasteiger partial charge in [-0.15, -0.1) is 0 Å². The zero-order valence-electron chi connectivity index (χ0n) is 11.0. The zero-order chi connectivity index (χ0) is 13.9. The molecule has 1 saturated heterocycles. The number of benzene rings is 1. The van der Waals surface area contributed by atoms with E-state index in [2.05, 4.69) is 21.7 Å². The van der Waals surface area contributed by atoms with E-state index in [4.69, 9.17) is 11.6 Å². The van der Waals surface area contributed by atoms with Crippen LogP contribution in [0.3, 0.4) is 0 Å². The summed E-state index contributed by atoms with van der Waals surface area (Å²) in [6, 6.07) is 6.82. The van der Waals surface area contributed by atoms with Crippen LogP contribution >= 0.6 is 22.9 Å². The number of rotatable bonds is 3. The third-order valence-electron chi connectivity index (χ3n) is 3.63. The molecule has 2 heterocycles. The van der Waals surface area contributed by atoms with Gasteiger partial charge in [-0.25, -0.2) is 4.39 Å². The van der Waals surface area contributed by atoms with E-state index in [1.165, 1.54) is 6.07 Å². The molecule has 5 heteroatoms. The van der Waals surface area contributed by atoms with E-state index < -0.39 is 0 Å². The number of halogens is 2. The molecule has 106 valence electrons. The molecule has 1 fully saturated rings. The minimum Gasteiger partial charge on any atom is -0.314 e. The third-order valence-corrected chi connectivity index (χ3v) is 4.56. The molecule has 0 amide bonds. The minimum absolute atomic E-state index is 0.0537. The summed E-state index contributed by atoms with van der Waals surface area (Å²) < 4.78 is 14.3. The maximum absolute atomic E-state index is 14.3. The van der Waals surface area contributed by atoms with Crippen molar-refractivity contribution in [1.82, 2.24) is 10.2 Å². The van der Waals surface area contributed by atoms with E-state index in [-0.39, 0.29) is 11.9 Å². The van der Waals surface area contributed by atoms with Crippen LogP contribution in [0.25, 0.3) is 0 Å². The lowest BCUT2D eigenvalue weighted by Gasteiger charge is -2.35. The Bertz CT molecular complexity index is 567. The summed E-state index contributed by atoms with van der Waals surface area (Å²) in [6.45, 7) is 3.69. The molecule has 1 aromatic carbocycles. The van der Waals surface area contributed by atoms with Gasteiger partial charge in [0, 0.05) is 36.8 Å². The molecule has 2 aromatic rings. The molecule has 2 nitrogen and oxygen atoms in total. The Labute approximate surface area is 127 Å². The average Bonchev–Trinajstić information content (AvgIpc) is 2.98. The highest BCUT2D eigenvalue weighted by Crippen LogP contribution is 2.33. The summed E-state index contributed by atoms with van der Waals surface area (Å²) in [5.74, 6) is -0.191. The third kappa shape index (κ3) is 2.88. The molecular formula is C15H16ClFN2S. The first-order valence-electron chi connectivity index (χ1n) is 6.67. The molecule has 1 N–H and O–H groups in total. The van der Waals surface area contributed by atoms with Crippen molar-refractivity contribution in [3.8, 4) is 0 Å². The van der Waals surface area contributed by atoms with Gasteiger partial charge in [0.2, 0.25) is 0 Å². The van der Waals surface area contributed by atoms with Gasteiger partial charge in [0.1, 0.15) is 5.82 Å². The van der Waals surface area contributed by atoms with E-state index in [1.54, 1.807) is 23.5 Å². The van der Waals surface area contributed by atoms with E-state index >= 15 is 0 Å². The van der Waals surface area contributed by atoms with Crippen LogP contribution in [0.2, 0.25) is 5.02 Å². The second-order valence-corrected chi connectivity index (χ2v) is 6.13. The molecule has 1 aromatic heterocycles. The van der Waals surface area contributed by atoms with Crippen LogP contribution < -0.4 is 5.32 Å². The second-order valence-electron chi connectivity index (χ2n) is 4.91. The van der Waals surface area contributed by atoms with E-state index in [9.17, 15) is 4.39 Å². The summed E-state index contributed by atoms with van der Waals surface area (Å²) in [4.78, 5) is 2.31. The Balaban J connectivity index is 2.02. The van der Waals surface area contributed by atoms with Crippen LogP contribution in [0.5, 0.6) is 0 Å². The lowest BCUT2D eigenvalue weighted by Crippen LogP contribution is -2.45. The van der Waals surface area contributed by atoms with Crippen molar-refractivity contribution in [2.24, 2.45) is 0 Å². The van der Waals surface area contributed by atoms with Crippen LogP contribution in [0, 0.1) is 5.82 Å². The summed E-state index contributed by atoms with van der Waals surface area (Å²) >= 11 is 7.71. The molecule has 1 aliphatic heterocycles. The number of hydrogen-bond acceptors (Lipinski definition) is 3. The SMILES string of the molecule is Fc1ccc(Cl)cc1[C@H](c1ccsc1)N1CCNCC1. The molecule has 20 heavy (non-hydrogen) atoms. The van der Waals surface area contributed by atoms with Crippen molar-refractivity contribution >= 4 is 22.9 Å². The molecule has 0 radical (unpaired) electrons. The predicted octanol–water partition coefficient (Wildman–Crippen LogP) is 3.54. The van der Waals surface area contributed by atoms with Crippen molar-refractivity contribution in [3.05, 3.63) is 57.0 Å². The van der Waals surface area contributed by atoms with Crippen molar-refractivity contribution in [3.63, 3.8) is 0 Å². The van der Waals surface area contributed by atoms with E-state index in [0.29, 0.717) is 10.6 Å². The van der Waals surface area contributed by atoms with Gasteiger partial charge in [-0.2, -0.15) is 11.3 Å². The summed E-state index contributed by atoms with van der Waals surface area (Å²) in [6.07, 6.45) is 0. The molecule has 0 unspecified atom stereocenters. The first-order chi connectivity index (χ1) is 9.75. The van der Waals surface area contributed by atoms with Gasteiger partial charge < -0.3 is 5.32 Å². The van der Waals surface area contributed by atoms with Gasteiger partial charge in [-0.1, -0.05) is 11.6 Å². The van der Waals surface area contributed by atoms with Crippen molar-refractivity contribution in [1.29, 1.82) is 0 Å². The van der Waals surface area contributed by atoms with Crippen LogP contribution in [0.4, 0.5) is 4.39 Å². The predicted molar refractivity (Wildman–Crippen MR) is 82.0 cm³/mol. The minimum atomic E-state index is -0.191. The topological polar surface area (TPSA) is 15.3 Å². The Morgan fingerprint density at radius 2 is 2.05 bits per heavy atom. The van der Waals surface area contributed by atoms with E-state index in [1.807, 2.05) is 5.38 Å². The fraction of sp³-hybridized carbons (Fsp3) is 0.333. The summed E-state index contributed by atoms with van der Waals surface area (Å²) in [7, 11) is 0. The molecule has 1 aliphatic rings. The Morgan fingerprint density at radius 1 is 1.25 bits per heavy atom. The fourth-order valence-electron chi connectivity index (χ4n) is 2.68. The molecule has 0 spiro atoms. The number of hydrogen-bond donors (Lipinski definition) is 1. The molecule has 0 bridgehead atoms. The monoisotopic (exact) mass is 310 g/mol. The van der Waals surface area contributed by atoms with Gasteiger partial charge in [-0.3, -0.25) is 4.90 Å². The summed E-state index contributed by atoms with van der Waals surface area (Å²) in [5, 5.41) is 8.04. The van der Waals surface area contributed by atoms with Crippen LogP contribution in [-0.4, -0.2) is 31.1 Å². The van der Waals surface area contributed by atoms with Crippen molar-refractivity contribution in [2.45, 2.75) is 6.04 Å². The average molecular weight is 311 g/mol. The standard InChI is InChI=1S/C15H16ClFN2S/c16-12-1-2-14(17)13(9-12)15(11-3-8-20-10-11)19-6-4-18-5-7-19/h1-3,8-10,15,18H,4-7H2/t15-/m0/s1. The number of thiophene rings is 1. The first-order valence-corrected chi connectivity index (χ1v) is 7.99. The Hall–Kier alpha value is -0.940. The van der Waals surface area contributed by atoms with Crippen molar-refractivity contribution < 1.29 is 4.39 Å². The Kier molecular flexibility index (Phi) is 4.36. The number of nitrogens with zero attached hydrogens (tertiary/aromatic N) is 1. The molecule has 0 saturated carbocycles. The van der Waals surface area contributed by atoms with Gasteiger partial charge in [0.15, 0.2) is 0 Å². The fourth-order valence-corrected chi connectivity index (χ4v) is 3.54. The normalized spacial score (nSPS) is 18.1. The van der Waals surface area contributed by atoms with Gasteiger partial charge >= 0.3 is 0 Å². The summed E-state index contributed by atoms with van der Waals surface area (Å²) in [5.41, 5.74) is 1.80. The van der Waals surface area contributed by atoms with Gasteiger partial charge in [0.25, 0.3) is 0 Å². The van der Waals surface area contributed by atoms with Crippen molar-refractivity contribution in [2.75, 3.05) is 26.2 Å². The maximum Gasteiger partial charge on any atom is 0.128 e. The zero-order valence-corrected chi connectivity index (χ0v) is 12.6. The Morgan fingerprint density at radius 3 is 2.75 bits per heavy atom. The van der Waals surface area contributed by atoms with Crippen LogP contribution in [-0.2, 0) is 0 Å². The lowest BCUT2D eigenvalue weighted by atomic mass is 9.98. The smallest absolute Gasteiger partial charge is 0.128 e. The molecule has 3 rings (SSSR count). The quantitative estimate of drug-likeness (QED) is 0.933. The largest absolute Gasteiger partial charge is 0.314 e. The lowest BCUT2D eigenvalue weighted by molar-refractivity contribution is 0.195. The number of piperazine rings is 1. The van der Waals surface area contributed by atoms with Crippen LogP contribution in [0.1, 0.15) is 17.2 Å². The highest BCUT2D eigenvalue weighted by molar-refractivity contribution is 7.08. The molecular weight excluding hydrogens is 295 g/mol. The highest BCUT2D eigenvalue weighted by Gasteiger charge is 2.26. The second kappa shape index (κ2) is 6.22. The molecule has 1 atom stereocenters. The first kappa shape index (κ1) is 14.0. The number of nitrogens with one attached hydrogen (secondary N) is 1.